The minimum atomic E-state index is -3.95. The van der Waals surface area contributed by atoms with Crippen LogP contribution in [0.5, 0.6) is 5.75 Å². The molecular weight excluding hydrogens is 519 g/mol. The number of hydrogen-bond donors (Lipinski definition) is 1. The number of aromatic carboxylic acids is 1. The van der Waals surface area contributed by atoms with Gasteiger partial charge in [0.2, 0.25) is 10.0 Å². The van der Waals surface area contributed by atoms with Crippen LogP contribution in [-0.4, -0.2) is 50.0 Å². The van der Waals surface area contributed by atoms with Gasteiger partial charge in [0.1, 0.15) is 16.5 Å². The first-order valence-electron chi connectivity index (χ1n) is 13.4. The van der Waals surface area contributed by atoms with E-state index >= 15 is 0 Å². The van der Waals surface area contributed by atoms with Crippen molar-refractivity contribution in [3.8, 4) is 16.9 Å². The van der Waals surface area contributed by atoms with Gasteiger partial charge >= 0.3 is 5.97 Å². The molecule has 206 valence electrons. The van der Waals surface area contributed by atoms with Crippen molar-refractivity contribution in [3.63, 3.8) is 0 Å². The lowest BCUT2D eigenvalue weighted by atomic mass is 9.83. The number of nitrogens with zero attached hydrogens (tertiary/aromatic N) is 2. The smallest absolute Gasteiger partial charge is 0.338 e. The maximum Gasteiger partial charge on any atom is 0.338 e. The summed E-state index contributed by atoms with van der Waals surface area (Å²) in [6.07, 6.45) is 5.29. The molecule has 5 rings (SSSR count). The quantitative estimate of drug-likeness (QED) is 0.386. The second-order valence-corrected chi connectivity index (χ2v) is 12.1. The zero-order valence-electron chi connectivity index (χ0n) is 22.1. The van der Waals surface area contributed by atoms with Gasteiger partial charge in [-0.15, -0.1) is 0 Å². The summed E-state index contributed by atoms with van der Waals surface area (Å²) >= 11 is 0. The van der Waals surface area contributed by atoms with Crippen molar-refractivity contribution in [1.82, 2.24) is 4.31 Å². The normalized spacial score (nSPS) is 19.8. The van der Waals surface area contributed by atoms with E-state index in [9.17, 15) is 22.7 Å². The van der Waals surface area contributed by atoms with Gasteiger partial charge in [0.15, 0.2) is 0 Å². The molecule has 3 aromatic carbocycles. The van der Waals surface area contributed by atoms with Gasteiger partial charge in [-0.1, -0.05) is 43.5 Å². The van der Waals surface area contributed by atoms with Crippen LogP contribution in [0.25, 0.3) is 11.1 Å². The number of sulfonamides is 1. The first kappa shape index (κ1) is 27.1. The maximum absolute atomic E-state index is 14.2. The van der Waals surface area contributed by atoms with E-state index in [2.05, 4.69) is 4.90 Å². The van der Waals surface area contributed by atoms with E-state index in [4.69, 9.17) is 4.74 Å². The van der Waals surface area contributed by atoms with Crippen LogP contribution in [0.2, 0.25) is 0 Å². The molecule has 1 aliphatic carbocycles. The van der Waals surface area contributed by atoms with Gasteiger partial charge in [0.05, 0.1) is 17.9 Å². The van der Waals surface area contributed by atoms with Crippen molar-refractivity contribution >= 4 is 27.4 Å². The molecule has 0 saturated heterocycles. The molecule has 0 radical (unpaired) electrons. The standard InChI is InChI=1S/C30H33FN2O5S/c1-3-38-28-18-26-29(17-23(28)21-14-15-25(31)24(16-21)30(34)35)39(36,37)32(2)27(20-10-6-4-7-11-20)19-33(26)22-12-8-5-9-13-22/h5,8-9,12-18,20,27H,3-4,6-7,10-11,19H2,1-2H3,(H,34,35)/t27-/m0/s1. The number of hydrogen-bond acceptors (Lipinski definition) is 5. The number of anilines is 2. The molecule has 0 aromatic heterocycles. The summed E-state index contributed by atoms with van der Waals surface area (Å²) in [5, 5.41) is 9.49. The number of ether oxygens (including phenoxy) is 1. The highest BCUT2D eigenvalue weighted by Crippen LogP contribution is 2.45. The Morgan fingerprint density at radius 3 is 2.44 bits per heavy atom. The second-order valence-electron chi connectivity index (χ2n) is 10.2. The SMILES string of the molecule is CCOc1cc2c(cc1-c1ccc(F)c(C(=O)O)c1)S(=O)(=O)N(C)[C@H](C1CCCCC1)CN2c1ccccc1. The summed E-state index contributed by atoms with van der Waals surface area (Å²) in [5.41, 5.74) is 1.62. The minimum Gasteiger partial charge on any atom is -0.493 e. The summed E-state index contributed by atoms with van der Waals surface area (Å²) in [7, 11) is -2.29. The average Bonchev–Trinajstić information content (AvgIpc) is 3.02. The summed E-state index contributed by atoms with van der Waals surface area (Å²) in [4.78, 5) is 13.8. The summed E-state index contributed by atoms with van der Waals surface area (Å²) in [5.74, 6) is -1.63. The average molecular weight is 553 g/mol. The predicted octanol–water partition coefficient (Wildman–Crippen LogP) is 6.31. The third-order valence-electron chi connectivity index (χ3n) is 7.92. The molecule has 0 amide bonds. The van der Waals surface area contributed by atoms with Crippen LogP contribution in [0.4, 0.5) is 15.8 Å². The Bertz CT molecular complexity index is 1470. The highest BCUT2D eigenvalue weighted by atomic mass is 32.2. The minimum absolute atomic E-state index is 0.104. The third-order valence-corrected chi connectivity index (χ3v) is 9.83. The van der Waals surface area contributed by atoms with Crippen molar-refractivity contribution in [1.29, 1.82) is 0 Å². The van der Waals surface area contributed by atoms with Gasteiger partial charge in [-0.2, -0.15) is 4.31 Å². The molecule has 0 bridgehead atoms. The lowest BCUT2D eigenvalue weighted by molar-refractivity contribution is 0.0692. The molecule has 1 heterocycles. The Balaban J connectivity index is 1.75. The number of rotatable bonds is 6. The Morgan fingerprint density at radius 2 is 1.77 bits per heavy atom. The Kier molecular flexibility index (Phi) is 7.64. The fraction of sp³-hybridized carbons (Fsp3) is 0.367. The molecule has 0 spiro atoms. The molecule has 1 atom stereocenters. The van der Waals surface area contributed by atoms with E-state index in [0.717, 1.165) is 37.4 Å². The molecule has 7 nitrogen and oxygen atoms in total. The number of likely N-dealkylation sites (N-methyl/N-ethyl adjacent to an activating group) is 1. The van der Waals surface area contributed by atoms with E-state index in [1.807, 2.05) is 37.3 Å². The zero-order chi connectivity index (χ0) is 27.7. The van der Waals surface area contributed by atoms with Crippen LogP contribution in [0.3, 0.4) is 0 Å². The number of fused-ring (bicyclic) bond motifs is 1. The van der Waals surface area contributed by atoms with Gasteiger partial charge in [-0.05, 0) is 61.6 Å². The molecule has 0 unspecified atom stereocenters. The molecule has 1 aliphatic heterocycles. The maximum atomic E-state index is 14.2. The van der Waals surface area contributed by atoms with Crippen molar-refractivity contribution in [3.05, 3.63) is 72.0 Å². The molecule has 1 fully saturated rings. The van der Waals surface area contributed by atoms with Crippen LogP contribution in [-0.2, 0) is 10.0 Å². The van der Waals surface area contributed by atoms with Crippen LogP contribution in [0, 0.1) is 11.7 Å². The summed E-state index contributed by atoms with van der Waals surface area (Å²) in [6.45, 7) is 2.62. The van der Waals surface area contributed by atoms with Gasteiger partial charge in [0, 0.05) is 37.0 Å². The van der Waals surface area contributed by atoms with E-state index in [0.29, 0.717) is 35.7 Å². The number of carbonyl (C=O) groups is 1. The summed E-state index contributed by atoms with van der Waals surface area (Å²) in [6, 6.07) is 16.5. The number of halogens is 1. The molecule has 9 heteroatoms. The zero-order valence-corrected chi connectivity index (χ0v) is 23.0. The highest BCUT2D eigenvalue weighted by Gasteiger charge is 2.41. The van der Waals surface area contributed by atoms with E-state index in [1.165, 1.54) is 22.9 Å². The van der Waals surface area contributed by atoms with Crippen molar-refractivity contribution in [2.24, 2.45) is 5.92 Å². The molecule has 2 aliphatic rings. The van der Waals surface area contributed by atoms with Crippen molar-refractivity contribution < 1.29 is 27.4 Å². The van der Waals surface area contributed by atoms with E-state index in [-0.39, 0.29) is 16.9 Å². The van der Waals surface area contributed by atoms with E-state index in [1.54, 1.807) is 19.2 Å². The summed E-state index contributed by atoms with van der Waals surface area (Å²) < 4.78 is 50.2. The van der Waals surface area contributed by atoms with Crippen LogP contribution < -0.4 is 9.64 Å². The Labute approximate surface area is 228 Å². The number of carboxylic acid groups (broad SMARTS) is 1. The number of benzene rings is 3. The fourth-order valence-corrected chi connectivity index (χ4v) is 7.48. The van der Waals surface area contributed by atoms with Gasteiger partial charge in [-0.3, -0.25) is 0 Å². The lowest BCUT2D eigenvalue weighted by Crippen LogP contribution is -2.46. The lowest BCUT2D eigenvalue weighted by Gasteiger charge is -2.36. The molecular formula is C30H33FN2O5S. The fourth-order valence-electron chi connectivity index (χ4n) is 5.88. The van der Waals surface area contributed by atoms with Crippen LogP contribution >= 0.6 is 0 Å². The van der Waals surface area contributed by atoms with Crippen LogP contribution in [0.1, 0.15) is 49.4 Å². The topological polar surface area (TPSA) is 87.1 Å². The molecule has 3 aromatic rings. The predicted molar refractivity (Wildman–Crippen MR) is 149 cm³/mol. The van der Waals surface area contributed by atoms with Crippen LogP contribution in [0.15, 0.2) is 65.6 Å². The highest BCUT2D eigenvalue weighted by molar-refractivity contribution is 7.89. The van der Waals surface area contributed by atoms with Crippen molar-refractivity contribution in [2.75, 3.05) is 25.1 Å². The van der Waals surface area contributed by atoms with Gasteiger partial charge < -0.3 is 14.7 Å². The first-order chi connectivity index (χ1) is 18.7. The molecule has 39 heavy (non-hydrogen) atoms. The molecule has 1 saturated carbocycles. The van der Waals surface area contributed by atoms with Crippen molar-refractivity contribution in [2.45, 2.75) is 50.0 Å². The first-order valence-corrected chi connectivity index (χ1v) is 14.8. The third kappa shape index (κ3) is 5.13. The number of carboxylic acids is 1. The largest absolute Gasteiger partial charge is 0.493 e. The van der Waals surface area contributed by atoms with Gasteiger partial charge in [0.25, 0.3) is 0 Å². The van der Waals surface area contributed by atoms with E-state index < -0.39 is 27.4 Å². The number of para-hydroxylation sites is 1. The van der Waals surface area contributed by atoms with Gasteiger partial charge in [-0.25, -0.2) is 17.6 Å². The monoisotopic (exact) mass is 552 g/mol. The Morgan fingerprint density at radius 1 is 1.05 bits per heavy atom. The second kappa shape index (κ2) is 11.0. The molecule has 1 N–H and O–H groups in total. The Hall–Kier alpha value is -3.43.